The zero-order chi connectivity index (χ0) is 18.6. The number of esters is 1. The third kappa shape index (κ3) is 21.4. The molecule has 0 amide bonds. The topological polar surface area (TPSA) is 102 Å². The summed E-state index contributed by atoms with van der Waals surface area (Å²) in [5.74, 6) is -0.276. The standard InChI is InChI=1S/C21H42O4.H3N/c1-2-3-4-5-6-7-8-9-10-11-12-13-14-15-16-17-21(24)25-19-20(23)18-22;/h20,22-23H,2-19H2,1H3;1H3. The van der Waals surface area contributed by atoms with Crippen LogP contribution >= 0.6 is 0 Å². The van der Waals surface area contributed by atoms with Crippen LogP contribution in [0.4, 0.5) is 0 Å². The molecule has 0 saturated heterocycles. The fraction of sp³-hybridized carbons (Fsp3) is 0.952. The van der Waals surface area contributed by atoms with Crippen LogP contribution in [0.1, 0.15) is 110 Å². The van der Waals surface area contributed by atoms with Crippen LogP contribution < -0.4 is 6.15 Å². The van der Waals surface area contributed by atoms with E-state index in [0.717, 1.165) is 12.8 Å². The van der Waals surface area contributed by atoms with Gasteiger partial charge in [-0.1, -0.05) is 96.8 Å². The van der Waals surface area contributed by atoms with Crippen LogP contribution in [0, 0.1) is 0 Å². The number of carbonyl (C=O) groups is 1. The zero-order valence-corrected chi connectivity index (χ0v) is 17.2. The van der Waals surface area contributed by atoms with Crippen molar-refractivity contribution < 1.29 is 19.7 Å². The summed E-state index contributed by atoms with van der Waals surface area (Å²) in [6.45, 7) is 1.79. The first-order valence-corrected chi connectivity index (χ1v) is 10.6. The Balaban J connectivity index is 0. The van der Waals surface area contributed by atoms with Gasteiger partial charge in [0.05, 0.1) is 6.61 Å². The number of hydrogen-bond acceptors (Lipinski definition) is 5. The summed E-state index contributed by atoms with van der Waals surface area (Å²) in [5, 5.41) is 17.7. The Labute approximate surface area is 161 Å². The normalized spacial score (nSPS) is 11.8. The van der Waals surface area contributed by atoms with Crippen LogP contribution in [0.5, 0.6) is 0 Å². The molecule has 0 rings (SSSR count). The molecule has 158 valence electrons. The number of aliphatic hydroxyl groups excluding tert-OH is 2. The van der Waals surface area contributed by atoms with E-state index in [2.05, 4.69) is 6.92 Å². The number of hydrogen-bond donors (Lipinski definition) is 3. The lowest BCUT2D eigenvalue weighted by Gasteiger charge is -2.08. The molecule has 0 aliphatic heterocycles. The van der Waals surface area contributed by atoms with E-state index in [1.165, 1.54) is 83.5 Å². The molecule has 5 heteroatoms. The van der Waals surface area contributed by atoms with Crippen molar-refractivity contribution in [2.24, 2.45) is 0 Å². The lowest BCUT2D eigenvalue weighted by molar-refractivity contribution is -0.147. The Kier molecular flexibility index (Phi) is 23.7. The minimum atomic E-state index is -0.954. The van der Waals surface area contributed by atoms with E-state index in [1.54, 1.807) is 0 Å². The second kappa shape index (κ2) is 22.4. The largest absolute Gasteiger partial charge is 0.463 e. The summed E-state index contributed by atoms with van der Waals surface area (Å²) in [5.41, 5.74) is 0. The Morgan fingerprint density at radius 2 is 1.15 bits per heavy atom. The maximum Gasteiger partial charge on any atom is 0.305 e. The molecule has 0 fully saturated rings. The Morgan fingerprint density at radius 1 is 0.769 bits per heavy atom. The predicted octanol–water partition coefficient (Wildman–Crippen LogP) is 5.31. The van der Waals surface area contributed by atoms with E-state index in [-0.39, 0.29) is 25.3 Å². The molecule has 1 atom stereocenters. The lowest BCUT2D eigenvalue weighted by Crippen LogP contribution is -2.21. The molecule has 0 aliphatic rings. The van der Waals surface area contributed by atoms with Crippen LogP contribution in [0.15, 0.2) is 0 Å². The van der Waals surface area contributed by atoms with Crippen LogP contribution in [0.3, 0.4) is 0 Å². The highest BCUT2D eigenvalue weighted by Crippen LogP contribution is 2.13. The SMILES string of the molecule is CCCCCCCCCCCCCCCCCC(=O)OCC(O)CO.N. The predicted molar refractivity (Wildman–Crippen MR) is 109 cm³/mol. The molecule has 1 unspecified atom stereocenters. The summed E-state index contributed by atoms with van der Waals surface area (Å²) >= 11 is 0. The third-order valence-electron chi connectivity index (χ3n) is 4.63. The second-order valence-corrected chi connectivity index (χ2v) is 7.22. The van der Waals surface area contributed by atoms with Crippen molar-refractivity contribution in [2.75, 3.05) is 13.2 Å². The van der Waals surface area contributed by atoms with Crippen LogP contribution in [-0.2, 0) is 9.53 Å². The van der Waals surface area contributed by atoms with E-state index in [4.69, 9.17) is 14.9 Å². The molecule has 0 heterocycles. The summed E-state index contributed by atoms with van der Waals surface area (Å²) in [6.07, 6.45) is 19.0. The van der Waals surface area contributed by atoms with Gasteiger partial charge in [-0.05, 0) is 6.42 Å². The zero-order valence-electron chi connectivity index (χ0n) is 17.2. The van der Waals surface area contributed by atoms with E-state index in [9.17, 15) is 4.79 Å². The monoisotopic (exact) mass is 375 g/mol. The summed E-state index contributed by atoms with van der Waals surface area (Å²) in [4.78, 5) is 11.4. The molecule has 0 aromatic rings. The van der Waals surface area contributed by atoms with Crippen LogP contribution in [0.2, 0.25) is 0 Å². The summed E-state index contributed by atoms with van der Waals surface area (Å²) < 4.78 is 4.86. The van der Waals surface area contributed by atoms with E-state index in [1.807, 2.05) is 0 Å². The number of aliphatic hydroxyl groups is 2. The van der Waals surface area contributed by atoms with Crippen molar-refractivity contribution in [1.29, 1.82) is 0 Å². The first-order valence-electron chi connectivity index (χ1n) is 10.6. The average Bonchev–Trinajstić information content (AvgIpc) is 2.62. The Bertz CT molecular complexity index is 287. The average molecular weight is 376 g/mol. The van der Waals surface area contributed by atoms with E-state index >= 15 is 0 Å². The Morgan fingerprint density at radius 3 is 1.54 bits per heavy atom. The van der Waals surface area contributed by atoms with E-state index in [0.29, 0.717) is 6.42 Å². The molecule has 0 aliphatic carbocycles. The highest BCUT2D eigenvalue weighted by atomic mass is 16.5. The molecule has 0 aromatic heterocycles. The smallest absolute Gasteiger partial charge is 0.305 e. The van der Waals surface area contributed by atoms with Gasteiger partial charge in [0.2, 0.25) is 0 Å². The first kappa shape index (κ1) is 27.6. The van der Waals surface area contributed by atoms with Gasteiger partial charge in [0.25, 0.3) is 0 Å². The van der Waals surface area contributed by atoms with Gasteiger partial charge in [-0.15, -0.1) is 0 Å². The Hall–Kier alpha value is -0.650. The molecule has 0 aromatic carbocycles. The van der Waals surface area contributed by atoms with Gasteiger partial charge < -0.3 is 21.1 Å². The van der Waals surface area contributed by atoms with Crippen molar-refractivity contribution in [3.63, 3.8) is 0 Å². The summed E-state index contributed by atoms with van der Waals surface area (Å²) in [6, 6.07) is 0. The first-order chi connectivity index (χ1) is 12.2. The molecule has 0 radical (unpaired) electrons. The molecule has 26 heavy (non-hydrogen) atoms. The molecule has 5 N–H and O–H groups in total. The minimum Gasteiger partial charge on any atom is -0.463 e. The van der Waals surface area contributed by atoms with Gasteiger partial charge in [0.15, 0.2) is 0 Å². The van der Waals surface area contributed by atoms with Crippen LogP contribution in [-0.4, -0.2) is 35.5 Å². The fourth-order valence-electron chi connectivity index (χ4n) is 2.95. The van der Waals surface area contributed by atoms with E-state index < -0.39 is 6.10 Å². The number of ether oxygens (including phenoxy) is 1. The van der Waals surface area contributed by atoms with Crippen molar-refractivity contribution in [3.8, 4) is 0 Å². The number of rotatable bonds is 19. The maximum atomic E-state index is 11.4. The van der Waals surface area contributed by atoms with Gasteiger partial charge in [-0.25, -0.2) is 0 Å². The van der Waals surface area contributed by atoms with Gasteiger partial charge in [0, 0.05) is 6.42 Å². The van der Waals surface area contributed by atoms with Gasteiger partial charge in [-0.2, -0.15) is 0 Å². The molecular weight excluding hydrogens is 330 g/mol. The fourth-order valence-corrected chi connectivity index (χ4v) is 2.95. The minimum absolute atomic E-state index is 0. The van der Waals surface area contributed by atoms with Crippen molar-refractivity contribution >= 4 is 5.97 Å². The molecule has 5 nitrogen and oxygen atoms in total. The molecule has 0 saturated carbocycles. The highest BCUT2D eigenvalue weighted by Gasteiger charge is 2.07. The van der Waals surface area contributed by atoms with Gasteiger partial charge in [-0.3, -0.25) is 4.79 Å². The van der Waals surface area contributed by atoms with Crippen molar-refractivity contribution in [1.82, 2.24) is 6.15 Å². The lowest BCUT2D eigenvalue weighted by atomic mass is 10.0. The number of unbranched alkanes of at least 4 members (excludes halogenated alkanes) is 14. The highest BCUT2D eigenvalue weighted by molar-refractivity contribution is 5.69. The quantitative estimate of drug-likeness (QED) is 0.210. The van der Waals surface area contributed by atoms with Crippen molar-refractivity contribution in [3.05, 3.63) is 0 Å². The number of carbonyl (C=O) groups excluding carboxylic acids is 1. The van der Waals surface area contributed by atoms with Crippen molar-refractivity contribution in [2.45, 2.75) is 116 Å². The third-order valence-corrected chi connectivity index (χ3v) is 4.63. The molecular formula is C21H45NO4. The molecule has 0 spiro atoms. The second-order valence-electron chi connectivity index (χ2n) is 7.22. The van der Waals surface area contributed by atoms with Gasteiger partial charge in [0.1, 0.15) is 12.7 Å². The van der Waals surface area contributed by atoms with Gasteiger partial charge >= 0.3 is 5.97 Å². The van der Waals surface area contributed by atoms with Crippen LogP contribution in [0.25, 0.3) is 0 Å². The maximum absolute atomic E-state index is 11.4. The molecule has 0 bridgehead atoms. The summed E-state index contributed by atoms with van der Waals surface area (Å²) in [7, 11) is 0.